The van der Waals surface area contributed by atoms with Gasteiger partial charge < -0.3 is 10.4 Å². The van der Waals surface area contributed by atoms with Crippen LogP contribution in [-0.4, -0.2) is 45.4 Å². The molecular weight excluding hydrogens is 344 g/mol. The third-order valence-electron chi connectivity index (χ3n) is 4.53. The molecule has 7 heteroatoms. The van der Waals surface area contributed by atoms with E-state index in [9.17, 15) is 4.79 Å². The monoisotopic (exact) mass is 370 g/mol. The van der Waals surface area contributed by atoms with E-state index < -0.39 is 0 Å². The second-order valence-electron chi connectivity index (χ2n) is 6.44. The molecule has 1 fully saturated rings. The Morgan fingerprint density at radius 2 is 1.78 bits per heavy atom. The summed E-state index contributed by atoms with van der Waals surface area (Å²) in [5.74, 6) is 1.64. The molecule has 0 spiro atoms. The number of hydrogen-bond donors (Lipinski definition) is 2. The summed E-state index contributed by atoms with van der Waals surface area (Å²) in [6.07, 6.45) is 7.44. The van der Waals surface area contributed by atoms with E-state index in [-0.39, 0.29) is 12.4 Å². The molecule has 2 heterocycles. The maximum absolute atomic E-state index is 12.0. The normalized spacial score (nSPS) is 14.7. The molecule has 7 nitrogen and oxygen atoms in total. The number of carbonyl (C=O) groups excluding carboxylic acids is 1. The van der Waals surface area contributed by atoms with Crippen molar-refractivity contribution in [3.8, 4) is 0 Å². The van der Waals surface area contributed by atoms with E-state index in [1.54, 1.807) is 12.4 Å². The largest absolute Gasteiger partial charge is 0.483 e. The van der Waals surface area contributed by atoms with E-state index in [2.05, 4.69) is 20.2 Å². The second kappa shape index (κ2) is 11.7. The highest BCUT2D eigenvalue weighted by molar-refractivity contribution is 5.90. The average molecular weight is 370 g/mol. The molecule has 0 atom stereocenters. The Balaban J connectivity index is 0.000000817. The van der Waals surface area contributed by atoms with E-state index in [1.807, 2.05) is 36.4 Å². The first-order chi connectivity index (χ1) is 13.2. The summed E-state index contributed by atoms with van der Waals surface area (Å²) >= 11 is 0. The summed E-state index contributed by atoms with van der Waals surface area (Å²) in [6, 6.07) is 11.5. The molecule has 1 aromatic heterocycles. The highest BCUT2D eigenvalue weighted by atomic mass is 16.3. The number of nitrogens with zero attached hydrogens (tertiary/aromatic N) is 3. The van der Waals surface area contributed by atoms with Gasteiger partial charge in [0, 0.05) is 24.5 Å². The van der Waals surface area contributed by atoms with Crippen molar-refractivity contribution < 1.29 is 14.7 Å². The van der Waals surface area contributed by atoms with Crippen LogP contribution in [0.4, 0.5) is 5.69 Å². The fraction of sp³-hybridized carbons (Fsp3) is 0.400. The Hall–Kier alpha value is -2.80. The zero-order chi connectivity index (χ0) is 19.3. The summed E-state index contributed by atoms with van der Waals surface area (Å²) in [5, 5.41) is 9.85. The Bertz CT molecular complexity index is 674. The molecular formula is C20H26N4O3. The summed E-state index contributed by atoms with van der Waals surface area (Å²) in [6.45, 7) is 2.69. The minimum Gasteiger partial charge on any atom is -0.483 e. The number of benzene rings is 1. The van der Waals surface area contributed by atoms with Crippen LogP contribution in [0.2, 0.25) is 0 Å². The topological polar surface area (TPSA) is 95.4 Å². The molecule has 0 radical (unpaired) electrons. The SMILES string of the molecule is O=C(CCC1CCN(Cc2ncccn2)CC1)Nc1ccccc1.O=CO. The van der Waals surface area contributed by atoms with Gasteiger partial charge in [0.25, 0.3) is 6.47 Å². The van der Waals surface area contributed by atoms with Crippen LogP contribution < -0.4 is 5.32 Å². The predicted molar refractivity (Wildman–Crippen MR) is 103 cm³/mol. The van der Waals surface area contributed by atoms with E-state index >= 15 is 0 Å². The van der Waals surface area contributed by atoms with Gasteiger partial charge in [0.05, 0.1) is 6.54 Å². The highest BCUT2D eigenvalue weighted by Gasteiger charge is 2.20. The fourth-order valence-corrected chi connectivity index (χ4v) is 3.13. The molecule has 27 heavy (non-hydrogen) atoms. The molecule has 144 valence electrons. The van der Waals surface area contributed by atoms with E-state index in [4.69, 9.17) is 9.90 Å². The lowest BCUT2D eigenvalue weighted by molar-refractivity contribution is -0.123. The molecule has 0 saturated carbocycles. The minimum atomic E-state index is -0.250. The molecule has 1 aromatic carbocycles. The number of piperidine rings is 1. The first-order valence-corrected chi connectivity index (χ1v) is 9.12. The van der Waals surface area contributed by atoms with Crippen molar-refractivity contribution in [1.29, 1.82) is 0 Å². The fourth-order valence-electron chi connectivity index (χ4n) is 3.13. The second-order valence-corrected chi connectivity index (χ2v) is 6.44. The molecule has 2 aromatic rings. The van der Waals surface area contributed by atoms with Gasteiger partial charge in [0.2, 0.25) is 5.91 Å². The first kappa shape index (κ1) is 20.5. The quantitative estimate of drug-likeness (QED) is 0.759. The summed E-state index contributed by atoms with van der Waals surface area (Å²) in [7, 11) is 0. The van der Waals surface area contributed by atoms with Crippen LogP contribution in [0.15, 0.2) is 48.8 Å². The number of para-hydroxylation sites is 1. The third kappa shape index (κ3) is 7.96. The van der Waals surface area contributed by atoms with Crippen LogP contribution >= 0.6 is 0 Å². The third-order valence-corrected chi connectivity index (χ3v) is 4.53. The maximum atomic E-state index is 12.0. The number of anilines is 1. The van der Waals surface area contributed by atoms with Gasteiger partial charge in [-0.2, -0.15) is 0 Å². The van der Waals surface area contributed by atoms with E-state index in [0.717, 1.165) is 50.4 Å². The van der Waals surface area contributed by atoms with Crippen molar-refractivity contribution in [2.24, 2.45) is 5.92 Å². The highest BCUT2D eigenvalue weighted by Crippen LogP contribution is 2.23. The van der Waals surface area contributed by atoms with Crippen LogP contribution in [0, 0.1) is 5.92 Å². The molecule has 0 bridgehead atoms. The molecule has 3 rings (SSSR count). The minimum absolute atomic E-state index is 0.112. The Kier molecular flexibility index (Phi) is 8.92. The summed E-state index contributed by atoms with van der Waals surface area (Å²) < 4.78 is 0. The van der Waals surface area contributed by atoms with Crippen LogP contribution in [0.3, 0.4) is 0 Å². The zero-order valence-electron chi connectivity index (χ0n) is 15.3. The van der Waals surface area contributed by atoms with Gasteiger partial charge >= 0.3 is 0 Å². The Morgan fingerprint density at radius 3 is 2.41 bits per heavy atom. The van der Waals surface area contributed by atoms with Crippen LogP contribution in [0.5, 0.6) is 0 Å². The van der Waals surface area contributed by atoms with Crippen molar-refractivity contribution in [3.05, 3.63) is 54.6 Å². The van der Waals surface area contributed by atoms with Crippen molar-refractivity contribution in [2.45, 2.75) is 32.2 Å². The molecule has 1 aliphatic rings. The Morgan fingerprint density at radius 1 is 1.15 bits per heavy atom. The molecule has 1 aliphatic heterocycles. The smallest absolute Gasteiger partial charge is 0.290 e. The number of rotatable bonds is 6. The predicted octanol–water partition coefficient (Wildman–Crippen LogP) is 2.81. The van der Waals surface area contributed by atoms with E-state index in [0.29, 0.717) is 12.3 Å². The van der Waals surface area contributed by atoms with Crippen molar-refractivity contribution in [1.82, 2.24) is 14.9 Å². The van der Waals surface area contributed by atoms with Gasteiger partial charge in [-0.15, -0.1) is 0 Å². The number of amides is 1. The van der Waals surface area contributed by atoms with Gasteiger partial charge in [-0.3, -0.25) is 14.5 Å². The lowest BCUT2D eigenvalue weighted by atomic mass is 9.92. The molecule has 1 amide bonds. The molecule has 0 unspecified atom stereocenters. The maximum Gasteiger partial charge on any atom is 0.290 e. The standard InChI is InChI=1S/C19H24N4O.CH2O2/c24-19(22-17-5-2-1-3-6-17)8-7-16-9-13-23(14-10-16)15-18-20-11-4-12-21-18;2-1-3/h1-6,11-12,16H,7-10,13-15H2,(H,22,24);1H,(H,2,3). The van der Waals surface area contributed by atoms with Crippen LogP contribution in [0.1, 0.15) is 31.5 Å². The van der Waals surface area contributed by atoms with Crippen molar-refractivity contribution in [3.63, 3.8) is 0 Å². The van der Waals surface area contributed by atoms with Gasteiger partial charge in [-0.25, -0.2) is 9.97 Å². The summed E-state index contributed by atoms with van der Waals surface area (Å²) in [5.41, 5.74) is 0.875. The average Bonchev–Trinajstić information content (AvgIpc) is 2.70. The first-order valence-electron chi connectivity index (χ1n) is 9.12. The lowest BCUT2D eigenvalue weighted by Gasteiger charge is -2.31. The zero-order valence-corrected chi connectivity index (χ0v) is 15.3. The van der Waals surface area contributed by atoms with Gasteiger partial charge in [-0.1, -0.05) is 18.2 Å². The number of hydrogen-bond acceptors (Lipinski definition) is 5. The molecule has 0 aliphatic carbocycles. The lowest BCUT2D eigenvalue weighted by Crippen LogP contribution is -2.34. The van der Waals surface area contributed by atoms with E-state index in [1.165, 1.54) is 0 Å². The van der Waals surface area contributed by atoms with Crippen LogP contribution in [-0.2, 0) is 16.1 Å². The summed E-state index contributed by atoms with van der Waals surface area (Å²) in [4.78, 5) is 31.4. The van der Waals surface area contributed by atoms with Gasteiger partial charge in [0.1, 0.15) is 5.82 Å². The molecule has 1 saturated heterocycles. The molecule has 2 N–H and O–H groups in total. The number of likely N-dealkylation sites (tertiary alicyclic amines) is 1. The van der Waals surface area contributed by atoms with Crippen LogP contribution in [0.25, 0.3) is 0 Å². The van der Waals surface area contributed by atoms with Crippen molar-refractivity contribution in [2.75, 3.05) is 18.4 Å². The number of aromatic nitrogens is 2. The number of carboxylic acid groups (broad SMARTS) is 1. The Labute approximate surface area is 159 Å². The van der Waals surface area contributed by atoms with Gasteiger partial charge in [0.15, 0.2) is 0 Å². The van der Waals surface area contributed by atoms with Crippen molar-refractivity contribution >= 4 is 18.1 Å². The number of nitrogens with one attached hydrogen (secondary N) is 1. The number of carbonyl (C=O) groups is 2. The van der Waals surface area contributed by atoms with Gasteiger partial charge in [-0.05, 0) is 56.5 Å².